The van der Waals surface area contributed by atoms with Crippen LogP contribution in [0, 0.1) is 0 Å². The molecule has 0 aliphatic carbocycles. The summed E-state index contributed by atoms with van der Waals surface area (Å²) >= 11 is 0. The third kappa shape index (κ3) is 4.74. The fraction of sp³-hybridized carbons (Fsp3) is 0.294. The van der Waals surface area contributed by atoms with E-state index in [1.54, 1.807) is 36.1 Å². The summed E-state index contributed by atoms with van der Waals surface area (Å²) in [5, 5.41) is 14.1. The van der Waals surface area contributed by atoms with Crippen molar-refractivity contribution < 1.29 is 22.4 Å². The van der Waals surface area contributed by atoms with Gasteiger partial charge in [-0.2, -0.15) is 5.10 Å². The highest BCUT2D eigenvalue weighted by Gasteiger charge is 2.17. The van der Waals surface area contributed by atoms with Crippen molar-refractivity contribution in [1.29, 1.82) is 0 Å². The number of hydrogen-bond acceptors (Lipinski definition) is 8. The minimum atomic E-state index is -3.48. The number of sulfone groups is 1. The molecule has 1 amide bonds. The molecule has 11 heteroatoms. The predicted molar refractivity (Wildman–Crippen MR) is 99.4 cm³/mol. The summed E-state index contributed by atoms with van der Waals surface area (Å²) in [5.74, 6) is 0.178. The van der Waals surface area contributed by atoms with Crippen molar-refractivity contribution in [2.24, 2.45) is 7.05 Å². The number of aromatic nitrogens is 4. The molecule has 0 unspecified atom stereocenters. The Hall–Kier alpha value is -3.21. The number of carbonyl (C=O) groups excluding carboxylic acids is 1. The Morgan fingerprint density at radius 1 is 1.21 bits per heavy atom. The minimum absolute atomic E-state index is 0.00329. The lowest BCUT2D eigenvalue weighted by Gasteiger charge is -2.05. The molecule has 1 aromatic carbocycles. The van der Waals surface area contributed by atoms with E-state index in [4.69, 9.17) is 9.15 Å². The number of benzene rings is 1. The molecule has 0 atom stereocenters. The summed E-state index contributed by atoms with van der Waals surface area (Å²) in [6, 6.07) is 7.74. The van der Waals surface area contributed by atoms with Crippen molar-refractivity contribution >= 4 is 21.8 Å². The van der Waals surface area contributed by atoms with Crippen molar-refractivity contribution in [2.75, 3.05) is 18.2 Å². The zero-order chi connectivity index (χ0) is 20.1. The highest BCUT2D eigenvalue weighted by molar-refractivity contribution is 7.91. The Kier molecular flexibility index (Phi) is 5.73. The number of nitrogens with zero attached hydrogens (tertiary/aromatic N) is 4. The Morgan fingerprint density at radius 3 is 2.61 bits per heavy atom. The highest BCUT2D eigenvalue weighted by atomic mass is 32.2. The van der Waals surface area contributed by atoms with Crippen LogP contribution in [0.4, 0.5) is 6.01 Å². The maximum Gasteiger partial charge on any atom is 0.322 e. The van der Waals surface area contributed by atoms with E-state index in [2.05, 4.69) is 20.6 Å². The largest absolute Gasteiger partial charge is 0.497 e. The molecule has 0 aliphatic rings. The van der Waals surface area contributed by atoms with Gasteiger partial charge in [0.25, 0.3) is 5.89 Å². The number of aryl methyl sites for hydroxylation is 1. The zero-order valence-electron chi connectivity index (χ0n) is 15.3. The summed E-state index contributed by atoms with van der Waals surface area (Å²) < 4.78 is 36.5. The summed E-state index contributed by atoms with van der Waals surface area (Å²) in [6.07, 6.45) is 1.87. The van der Waals surface area contributed by atoms with Gasteiger partial charge in [-0.1, -0.05) is 5.10 Å². The number of methoxy groups -OCH3 is 1. The van der Waals surface area contributed by atoms with Crippen LogP contribution in [0.15, 0.2) is 45.8 Å². The quantitative estimate of drug-likeness (QED) is 0.599. The van der Waals surface area contributed by atoms with Crippen LogP contribution >= 0.6 is 0 Å². The van der Waals surface area contributed by atoms with E-state index in [0.717, 1.165) is 0 Å². The maximum absolute atomic E-state index is 12.3. The summed E-state index contributed by atoms with van der Waals surface area (Å²) in [4.78, 5) is 12.2. The molecule has 0 spiro atoms. The highest BCUT2D eigenvalue weighted by Crippen LogP contribution is 2.19. The van der Waals surface area contributed by atoms with Crippen LogP contribution in [-0.4, -0.2) is 47.2 Å². The first-order chi connectivity index (χ1) is 13.4. The number of hydrogen-bond donors (Lipinski definition) is 1. The Bertz CT molecular complexity index is 1060. The van der Waals surface area contributed by atoms with Crippen LogP contribution in [0.25, 0.3) is 11.6 Å². The monoisotopic (exact) mass is 405 g/mol. The van der Waals surface area contributed by atoms with Crippen molar-refractivity contribution in [2.45, 2.75) is 17.7 Å². The maximum atomic E-state index is 12.3. The van der Waals surface area contributed by atoms with Gasteiger partial charge in [0.2, 0.25) is 5.91 Å². The van der Waals surface area contributed by atoms with Gasteiger partial charge in [-0.3, -0.25) is 14.8 Å². The normalized spacial score (nSPS) is 11.4. The van der Waals surface area contributed by atoms with E-state index < -0.39 is 15.7 Å². The average molecular weight is 405 g/mol. The zero-order valence-corrected chi connectivity index (χ0v) is 16.1. The lowest BCUT2D eigenvalue weighted by molar-refractivity contribution is -0.116. The van der Waals surface area contributed by atoms with Gasteiger partial charge >= 0.3 is 6.01 Å². The minimum Gasteiger partial charge on any atom is -0.497 e. The lowest BCUT2D eigenvalue weighted by atomic mass is 10.3. The molecule has 10 nitrogen and oxygen atoms in total. The van der Waals surface area contributed by atoms with Crippen LogP contribution < -0.4 is 10.1 Å². The number of anilines is 1. The fourth-order valence-electron chi connectivity index (χ4n) is 2.41. The van der Waals surface area contributed by atoms with E-state index in [-0.39, 0.29) is 35.4 Å². The van der Waals surface area contributed by atoms with Crippen molar-refractivity contribution in [3.8, 4) is 17.3 Å². The molecule has 3 aromatic rings. The first-order valence-corrected chi connectivity index (χ1v) is 10.0. The summed E-state index contributed by atoms with van der Waals surface area (Å²) in [5.41, 5.74) is 0.487. The second-order valence-electron chi connectivity index (χ2n) is 5.93. The van der Waals surface area contributed by atoms with E-state index in [0.29, 0.717) is 11.4 Å². The molecule has 3 rings (SSSR count). The van der Waals surface area contributed by atoms with Crippen LogP contribution in [0.2, 0.25) is 0 Å². The fourth-order valence-corrected chi connectivity index (χ4v) is 3.72. The molecule has 28 heavy (non-hydrogen) atoms. The van der Waals surface area contributed by atoms with Gasteiger partial charge < -0.3 is 9.15 Å². The van der Waals surface area contributed by atoms with Crippen LogP contribution in [0.3, 0.4) is 0 Å². The number of carbonyl (C=O) groups is 1. The van der Waals surface area contributed by atoms with Gasteiger partial charge in [0.05, 0.1) is 17.8 Å². The molecular formula is C17H19N5O5S. The third-order valence-electron chi connectivity index (χ3n) is 3.84. The number of nitrogens with one attached hydrogen (secondary N) is 1. The van der Waals surface area contributed by atoms with Crippen molar-refractivity contribution in [1.82, 2.24) is 20.0 Å². The molecular weight excluding hydrogens is 386 g/mol. The predicted octanol–water partition coefficient (Wildman–Crippen LogP) is 1.67. The Balaban J connectivity index is 1.51. The standard InChI is InChI=1S/C17H19N5O5S/c1-22-10-9-14(21-22)16-19-20-17(27-16)18-15(23)4-3-11-28(24,25)13-7-5-12(26-2)6-8-13/h5-10H,3-4,11H2,1-2H3,(H,18,20,23). The molecule has 0 saturated carbocycles. The average Bonchev–Trinajstić information content (AvgIpc) is 3.30. The van der Waals surface area contributed by atoms with Crippen LogP contribution in [-0.2, 0) is 21.7 Å². The topological polar surface area (TPSA) is 129 Å². The summed E-state index contributed by atoms with van der Waals surface area (Å²) in [7, 11) is -0.224. The molecule has 2 aromatic heterocycles. The second kappa shape index (κ2) is 8.21. The van der Waals surface area contributed by atoms with E-state index in [1.165, 1.54) is 19.2 Å². The van der Waals surface area contributed by atoms with E-state index >= 15 is 0 Å². The smallest absolute Gasteiger partial charge is 0.322 e. The van der Waals surface area contributed by atoms with Crippen LogP contribution in [0.5, 0.6) is 5.75 Å². The van der Waals surface area contributed by atoms with Gasteiger partial charge in [0.15, 0.2) is 9.84 Å². The summed E-state index contributed by atoms with van der Waals surface area (Å²) in [6.45, 7) is 0. The first-order valence-electron chi connectivity index (χ1n) is 8.37. The van der Waals surface area contributed by atoms with E-state index in [9.17, 15) is 13.2 Å². The Labute approximate surface area is 161 Å². The molecule has 2 heterocycles. The molecule has 0 radical (unpaired) electrons. The Morgan fingerprint density at radius 2 is 1.96 bits per heavy atom. The van der Waals surface area contributed by atoms with Crippen molar-refractivity contribution in [3.63, 3.8) is 0 Å². The molecule has 148 valence electrons. The number of amides is 1. The van der Waals surface area contributed by atoms with Crippen molar-refractivity contribution in [3.05, 3.63) is 36.5 Å². The SMILES string of the molecule is COc1ccc(S(=O)(=O)CCCC(=O)Nc2nnc(-c3ccn(C)n3)o2)cc1. The van der Waals surface area contributed by atoms with Gasteiger partial charge in [-0.15, -0.1) is 5.10 Å². The molecule has 0 fully saturated rings. The molecule has 0 bridgehead atoms. The van der Waals surface area contributed by atoms with Gasteiger partial charge in [0.1, 0.15) is 11.4 Å². The number of rotatable bonds is 8. The number of ether oxygens (including phenoxy) is 1. The first kappa shape index (κ1) is 19.5. The lowest BCUT2D eigenvalue weighted by Crippen LogP contribution is -2.14. The molecule has 1 N–H and O–H groups in total. The van der Waals surface area contributed by atoms with Crippen LogP contribution in [0.1, 0.15) is 12.8 Å². The van der Waals surface area contributed by atoms with Gasteiger partial charge in [-0.25, -0.2) is 8.42 Å². The van der Waals surface area contributed by atoms with Gasteiger partial charge in [-0.05, 0) is 36.8 Å². The second-order valence-corrected chi connectivity index (χ2v) is 8.04. The van der Waals surface area contributed by atoms with E-state index in [1.807, 2.05) is 0 Å². The molecule has 0 aliphatic heterocycles. The third-order valence-corrected chi connectivity index (χ3v) is 5.66. The van der Waals surface area contributed by atoms with Gasteiger partial charge in [0, 0.05) is 19.7 Å². The molecule has 0 saturated heterocycles.